The van der Waals surface area contributed by atoms with E-state index in [2.05, 4.69) is 17.3 Å². The summed E-state index contributed by atoms with van der Waals surface area (Å²) < 4.78 is 0. The highest BCUT2D eigenvalue weighted by Gasteiger charge is 2.19. The van der Waals surface area contributed by atoms with E-state index in [-0.39, 0.29) is 10.6 Å². The predicted molar refractivity (Wildman–Crippen MR) is 71.9 cm³/mol. The third kappa shape index (κ3) is 2.98. The van der Waals surface area contributed by atoms with E-state index < -0.39 is 0 Å². The zero-order chi connectivity index (χ0) is 13.1. The summed E-state index contributed by atoms with van der Waals surface area (Å²) in [5, 5.41) is 14.0. The molecule has 1 N–H and O–H groups in total. The van der Waals surface area contributed by atoms with Crippen molar-refractivity contribution in [3.63, 3.8) is 0 Å². The molecule has 0 aromatic heterocycles. The smallest absolute Gasteiger partial charge is 0.269 e. The number of hydrogen-bond acceptors (Lipinski definition) is 4. The first-order valence-electron chi connectivity index (χ1n) is 6.23. The summed E-state index contributed by atoms with van der Waals surface area (Å²) in [5.74, 6) is 0.671. The largest absolute Gasteiger partial charge is 0.384 e. The fourth-order valence-corrected chi connectivity index (χ4v) is 2.41. The van der Waals surface area contributed by atoms with Gasteiger partial charge in [-0.1, -0.05) is 0 Å². The van der Waals surface area contributed by atoms with Crippen molar-refractivity contribution in [1.82, 2.24) is 4.90 Å². The van der Waals surface area contributed by atoms with Crippen LogP contribution in [0.1, 0.15) is 12.0 Å². The molecule has 1 aliphatic heterocycles. The van der Waals surface area contributed by atoms with Crippen LogP contribution in [0.3, 0.4) is 0 Å². The van der Waals surface area contributed by atoms with Crippen LogP contribution in [0.2, 0.25) is 0 Å². The number of likely N-dealkylation sites (tertiary alicyclic amines) is 1. The van der Waals surface area contributed by atoms with Crippen LogP contribution in [0.25, 0.3) is 0 Å². The fraction of sp³-hybridized carbons (Fsp3) is 0.538. The Kier molecular flexibility index (Phi) is 3.81. The first-order valence-corrected chi connectivity index (χ1v) is 6.23. The first-order chi connectivity index (χ1) is 8.56. The van der Waals surface area contributed by atoms with Crippen LogP contribution >= 0.6 is 0 Å². The summed E-state index contributed by atoms with van der Waals surface area (Å²) in [6.07, 6.45) is 1.22. The van der Waals surface area contributed by atoms with Crippen LogP contribution in [-0.4, -0.2) is 36.5 Å². The van der Waals surface area contributed by atoms with Gasteiger partial charge in [0, 0.05) is 30.9 Å². The van der Waals surface area contributed by atoms with E-state index in [1.807, 2.05) is 6.92 Å². The van der Waals surface area contributed by atoms with E-state index in [9.17, 15) is 10.1 Å². The zero-order valence-corrected chi connectivity index (χ0v) is 10.8. The summed E-state index contributed by atoms with van der Waals surface area (Å²) in [6.45, 7) is 5.11. The quantitative estimate of drug-likeness (QED) is 0.657. The van der Waals surface area contributed by atoms with Crippen LogP contribution in [-0.2, 0) is 0 Å². The van der Waals surface area contributed by atoms with Crippen molar-refractivity contribution in [1.29, 1.82) is 0 Å². The third-order valence-electron chi connectivity index (χ3n) is 3.49. The second-order valence-corrected chi connectivity index (χ2v) is 5.05. The van der Waals surface area contributed by atoms with E-state index in [1.54, 1.807) is 18.2 Å². The number of rotatable bonds is 4. The molecule has 1 unspecified atom stereocenters. The molecule has 0 aliphatic carbocycles. The Balaban J connectivity index is 1.95. The van der Waals surface area contributed by atoms with Crippen molar-refractivity contribution in [2.75, 3.05) is 32.0 Å². The summed E-state index contributed by atoms with van der Waals surface area (Å²) in [4.78, 5) is 12.6. The minimum absolute atomic E-state index is 0.152. The number of aryl methyl sites for hydroxylation is 1. The average Bonchev–Trinajstić information content (AvgIpc) is 2.73. The van der Waals surface area contributed by atoms with Crippen LogP contribution in [0.15, 0.2) is 18.2 Å². The standard InChI is InChI=1S/C13H19N3O2/c1-10-7-12(16(17)18)3-4-13(10)14-8-11-5-6-15(2)9-11/h3-4,7,11,14H,5-6,8-9H2,1-2H3. The molecule has 1 heterocycles. The Bertz CT molecular complexity index is 448. The molecule has 0 radical (unpaired) electrons. The maximum atomic E-state index is 10.6. The molecule has 1 saturated heterocycles. The van der Waals surface area contributed by atoms with Gasteiger partial charge in [0.2, 0.25) is 0 Å². The first kappa shape index (κ1) is 12.8. The fourth-order valence-electron chi connectivity index (χ4n) is 2.41. The molecule has 5 heteroatoms. The monoisotopic (exact) mass is 249 g/mol. The van der Waals surface area contributed by atoms with Gasteiger partial charge >= 0.3 is 0 Å². The third-order valence-corrected chi connectivity index (χ3v) is 3.49. The second kappa shape index (κ2) is 5.35. The minimum Gasteiger partial charge on any atom is -0.384 e. The van der Waals surface area contributed by atoms with Gasteiger partial charge in [0.15, 0.2) is 0 Å². The Morgan fingerprint density at radius 1 is 1.56 bits per heavy atom. The van der Waals surface area contributed by atoms with Crippen LogP contribution in [0.4, 0.5) is 11.4 Å². The number of benzene rings is 1. The molecule has 1 atom stereocenters. The zero-order valence-electron chi connectivity index (χ0n) is 10.8. The van der Waals surface area contributed by atoms with Crippen LogP contribution < -0.4 is 5.32 Å². The van der Waals surface area contributed by atoms with Crippen molar-refractivity contribution >= 4 is 11.4 Å². The number of nitrogens with one attached hydrogen (secondary N) is 1. The van der Waals surface area contributed by atoms with Crippen LogP contribution in [0.5, 0.6) is 0 Å². The Hall–Kier alpha value is -1.62. The lowest BCUT2D eigenvalue weighted by atomic mass is 10.1. The molecule has 1 aromatic carbocycles. The van der Waals surface area contributed by atoms with Gasteiger partial charge in [-0.25, -0.2) is 0 Å². The minimum atomic E-state index is -0.358. The Morgan fingerprint density at radius 2 is 2.33 bits per heavy atom. The highest BCUT2D eigenvalue weighted by Crippen LogP contribution is 2.22. The van der Waals surface area contributed by atoms with Gasteiger partial charge in [-0.2, -0.15) is 0 Å². The lowest BCUT2D eigenvalue weighted by Crippen LogP contribution is -2.19. The molecule has 0 amide bonds. The molecule has 98 valence electrons. The van der Waals surface area contributed by atoms with Gasteiger partial charge in [0.05, 0.1) is 4.92 Å². The molecule has 0 spiro atoms. The molecule has 5 nitrogen and oxygen atoms in total. The molecular weight excluding hydrogens is 230 g/mol. The van der Waals surface area contributed by atoms with E-state index >= 15 is 0 Å². The van der Waals surface area contributed by atoms with E-state index in [1.165, 1.54) is 6.42 Å². The maximum absolute atomic E-state index is 10.6. The number of non-ortho nitro benzene ring substituents is 1. The van der Waals surface area contributed by atoms with Crippen molar-refractivity contribution in [2.45, 2.75) is 13.3 Å². The lowest BCUT2D eigenvalue weighted by molar-refractivity contribution is -0.384. The molecule has 18 heavy (non-hydrogen) atoms. The van der Waals surface area contributed by atoms with Gasteiger partial charge in [0.1, 0.15) is 0 Å². The summed E-state index contributed by atoms with van der Waals surface area (Å²) in [5.41, 5.74) is 2.07. The van der Waals surface area contributed by atoms with E-state index in [4.69, 9.17) is 0 Å². The Morgan fingerprint density at radius 3 is 2.89 bits per heavy atom. The van der Waals surface area contributed by atoms with E-state index in [0.29, 0.717) is 5.92 Å². The van der Waals surface area contributed by atoms with Crippen molar-refractivity contribution < 1.29 is 4.92 Å². The molecule has 1 aliphatic rings. The van der Waals surface area contributed by atoms with Gasteiger partial charge in [0.25, 0.3) is 5.69 Å². The summed E-state index contributed by atoms with van der Waals surface area (Å²) >= 11 is 0. The van der Waals surface area contributed by atoms with Crippen molar-refractivity contribution in [3.8, 4) is 0 Å². The van der Waals surface area contributed by atoms with Crippen LogP contribution in [0, 0.1) is 23.0 Å². The number of anilines is 1. The topological polar surface area (TPSA) is 58.4 Å². The maximum Gasteiger partial charge on any atom is 0.269 e. The summed E-state index contributed by atoms with van der Waals surface area (Å²) in [6, 6.07) is 4.96. The van der Waals surface area contributed by atoms with Gasteiger partial charge in [-0.05, 0) is 44.5 Å². The lowest BCUT2D eigenvalue weighted by Gasteiger charge is -2.14. The molecule has 0 bridgehead atoms. The summed E-state index contributed by atoms with van der Waals surface area (Å²) in [7, 11) is 2.14. The average molecular weight is 249 g/mol. The number of nitro benzene ring substituents is 1. The highest BCUT2D eigenvalue weighted by molar-refractivity contribution is 5.55. The van der Waals surface area contributed by atoms with Gasteiger partial charge in [-0.15, -0.1) is 0 Å². The number of nitrogens with zero attached hydrogens (tertiary/aromatic N) is 2. The molecule has 0 saturated carbocycles. The van der Waals surface area contributed by atoms with Crippen molar-refractivity contribution in [2.24, 2.45) is 5.92 Å². The highest BCUT2D eigenvalue weighted by atomic mass is 16.6. The van der Waals surface area contributed by atoms with Gasteiger partial charge < -0.3 is 10.2 Å². The Labute approximate surface area is 107 Å². The predicted octanol–water partition coefficient (Wildman–Crippen LogP) is 2.27. The van der Waals surface area contributed by atoms with Gasteiger partial charge in [-0.3, -0.25) is 10.1 Å². The number of hydrogen-bond donors (Lipinski definition) is 1. The molecule has 1 fully saturated rings. The molecule has 2 rings (SSSR count). The normalized spacial score (nSPS) is 20.0. The SMILES string of the molecule is Cc1cc([N+](=O)[O-])ccc1NCC1CCN(C)C1. The second-order valence-electron chi connectivity index (χ2n) is 5.05. The van der Waals surface area contributed by atoms with E-state index in [0.717, 1.165) is 30.9 Å². The molecule has 1 aromatic rings. The number of nitro groups is 1. The van der Waals surface area contributed by atoms with Crippen molar-refractivity contribution in [3.05, 3.63) is 33.9 Å². The molecular formula is C13H19N3O2.